The molecule has 0 saturated heterocycles. The maximum absolute atomic E-state index is 12.3. The fourth-order valence-electron chi connectivity index (χ4n) is 2.76. The third kappa shape index (κ3) is 5.90. The van der Waals surface area contributed by atoms with E-state index in [4.69, 9.17) is 0 Å². The molecule has 0 aliphatic carbocycles. The number of hydrogen-bond acceptors (Lipinski definition) is 3. The lowest BCUT2D eigenvalue weighted by Gasteiger charge is -2.09. The van der Waals surface area contributed by atoms with Gasteiger partial charge in [-0.25, -0.2) is 0 Å². The van der Waals surface area contributed by atoms with Crippen LogP contribution in [0.1, 0.15) is 16.7 Å². The number of amides is 1. The van der Waals surface area contributed by atoms with Gasteiger partial charge in [0, 0.05) is 24.8 Å². The lowest BCUT2D eigenvalue weighted by Crippen LogP contribution is -2.13. The van der Waals surface area contributed by atoms with Gasteiger partial charge >= 0.3 is 0 Å². The average molecular weight is 472 g/mol. The quantitative estimate of drug-likeness (QED) is 0.383. The molecule has 3 rings (SSSR count). The molecule has 28 heavy (non-hydrogen) atoms. The molecule has 0 unspecified atom stereocenters. The number of nitrogens with one attached hydrogen (secondary N) is 1. The van der Waals surface area contributed by atoms with Crippen molar-refractivity contribution in [1.29, 1.82) is 0 Å². The molecule has 1 amide bonds. The summed E-state index contributed by atoms with van der Waals surface area (Å²) < 4.78 is 1.05. The maximum atomic E-state index is 12.3. The molecule has 144 valence electrons. The molecule has 0 atom stereocenters. The van der Waals surface area contributed by atoms with Crippen LogP contribution in [0.2, 0.25) is 0 Å². The van der Waals surface area contributed by atoms with E-state index in [-0.39, 0.29) is 5.91 Å². The number of carbonyl (C=O) groups excluding carboxylic acids is 1. The highest BCUT2D eigenvalue weighted by molar-refractivity contribution is 9.10. The Hall–Kier alpha value is -1.69. The van der Waals surface area contributed by atoms with Gasteiger partial charge in [0.05, 0.1) is 5.75 Å². The van der Waals surface area contributed by atoms with Crippen LogP contribution in [0.3, 0.4) is 0 Å². The summed E-state index contributed by atoms with van der Waals surface area (Å²) in [7, 11) is 0. The lowest BCUT2D eigenvalue weighted by molar-refractivity contribution is -0.113. The summed E-state index contributed by atoms with van der Waals surface area (Å²) in [6.07, 6.45) is 0. The molecule has 0 heterocycles. The summed E-state index contributed by atoms with van der Waals surface area (Å²) in [6, 6.07) is 20.6. The van der Waals surface area contributed by atoms with Gasteiger partial charge in [-0.1, -0.05) is 45.4 Å². The van der Waals surface area contributed by atoms with Gasteiger partial charge in [0.15, 0.2) is 0 Å². The zero-order valence-corrected chi connectivity index (χ0v) is 19.3. The third-order valence-corrected chi connectivity index (χ3v) is 7.05. The van der Waals surface area contributed by atoms with E-state index < -0.39 is 0 Å². The summed E-state index contributed by atoms with van der Waals surface area (Å²) in [5, 5.41) is 2.97. The third-order valence-electron chi connectivity index (χ3n) is 4.19. The molecule has 0 saturated carbocycles. The fourth-order valence-corrected chi connectivity index (χ4v) is 4.93. The Labute approximate surface area is 183 Å². The SMILES string of the molecule is Cc1ccc(Sc2ccc(NC(=O)CSc3ccc(Br)cc3C)cc2)c(C)c1. The summed E-state index contributed by atoms with van der Waals surface area (Å²) in [5.41, 5.74) is 4.54. The van der Waals surface area contributed by atoms with E-state index in [2.05, 4.69) is 66.3 Å². The van der Waals surface area contributed by atoms with Gasteiger partial charge in [-0.3, -0.25) is 4.79 Å². The molecule has 3 aromatic rings. The predicted molar refractivity (Wildman–Crippen MR) is 125 cm³/mol. The van der Waals surface area contributed by atoms with Crippen molar-refractivity contribution in [2.24, 2.45) is 0 Å². The van der Waals surface area contributed by atoms with E-state index in [1.165, 1.54) is 21.6 Å². The van der Waals surface area contributed by atoms with Crippen LogP contribution in [0.4, 0.5) is 5.69 Å². The minimum absolute atomic E-state index is 0.00195. The van der Waals surface area contributed by atoms with Gasteiger partial charge < -0.3 is 5.32 Å². The van der Waals surface area contributed by atoms with Crippen LogP contribution < -0.4 is 5.32 Å². The topological polar surface area (TPSA) is 29.1 Å². The Morgan fingerprint density at radius 1 is 0.893 bits per heavy atom. The molecule has 0 aliphatic rings. The fraction of sp³-hybridized carbons (Fsp3) is 0.174. The van der Waals surface area contributed by atoms with Crippen LogP contribution in [-0.4, -0.2) is 11.7 Å². The van der Waals surface area contributed by atoms with Crippen molar-refractivity contribution in [2.45, 2.75) is 35.5 Å². The first-order chi connectivity index (χ1) is 13.4. The zero-order valence-electron chi connectivity index (χ0n) is 16.1. The van der Waals surface area contributed by atoms with Crippen molar-refractivity contribution in [3.63, 3.8) is 0 Å². The highest BCUT2D eigenvalue weighted by Gasteiger charge is 2.07. The van der Waals surface area contributed by atoms with Crippen molar-refractivity contribution in [1.82, 2.24) is 0 Å². The summed E-state index contributed by atoms with van der Waals surface area (Å²) in [6.45, 7) is 6.29. The van der Waals surface area contributed by atoms with Crippen LogP contribution in [0.5, 0.6) is 0 Å². The van der Waals surface area contributed by atoms with Crippen molar-refractivity contribution in [3.8, 4) is 0 Å². The van der Waals surface area contributed by atoms with E-state index in [1.54, 1.807) is 23.5 Å². The monoisotopic (exact) mass is 471 g/mol. The van der Waals surface area contributed by atoms with E-state index in [0.717, 1.165) is 20.0 Å². The van der Waals surface area contributed by atoms with Gasteiger partial charge in [-0.05, 0) is 80.4 Å². The Morgan fingerprint density at radius 2 is 1.57 bits per heavy atom. The van der Waals surface area contributed by atoms with Gasteiger partial charge in [0.25, 0.3) is 0 Å². The van der Waals surface area contributed by atoms with Gasteiger partial charge in [-0.15, -0.1) is 11.8 Å². The van der Waals surface area contributed by atoms with Crippen LogP contribution in [-0.2, 0) is 4.79 Å². The smallest absolute Gasteiger partial charge is 0.234 e. The highest BCUT2D eigenvalue weighted by atomic mass is 79.9. The summed E-state index contributed by atoms with van der Waals surface area (Å²) >= 11 is 6.76. The van der Waals surface area contributed by atoms with E-state index in [1.807, 2.05) is 36.4 Å². The summed E-state index contributed by atoms with van der Waals surface area (Å²) in [5.74, 6) is 0.392. The second-order valence-electron chi connectivity index (χ2n) is 6.64. The van der Waals surface area contributed by atoms with Gasteiger partial charge in [0.2, 0.25) is 5.91 Å². The molecule has 0 spiro atoms. The van der Waals surface area contributed by atoms with Crippen LogP contribution in [0.25, 0.3) is 0 Å². The normalized spacial score (nSPS) is 10.7. The first kappa shape index (κ1) is 21.0. The second kappa shape index (κ2) is 9.68. The number of benzene rings is 3. The first-order valence-electron chi connectivity index (χ1n) is 8.95. The Bertz CT molecular complexity index is 986. The minimum atomic E-state index is 0.00195. The Balaban J connectivity index is 1.55. The van der Waals surface area contributed by atoms with Crippen LogP contribution in [0.15, 0.2) is 79.8 Å². The van der Waals surface area contributed by atoms with Crippen molar-refractivity contribution >= 4 is 51.0 Å². The second-order valence-corrected chi connectivity index (χ2v) is 9.69. The molecule has 0 radical (unpaired) electrons. The number of halogens is 1. The molecule has 0 aliphatic heterocycles. The molecular formula is C23H22BrNOS2. The molecule has 0 aromatic heterocycles. The van der Waals surface area contributed by atoms with Gasteiger partial charge in [-0.2, -0.15) is 0 Å². The number of hydrogen-bond donors (Lipinski definition) is 1. The lowest BCUT2D eigenvalue weighted by atomic mass is 10.2. The highest BCUT2D eigenvalue weighted by Crippen LogP contribution is 2.31. The Morgan fingerprint density at radius 3 is 2.25 bits per heavy atom. The number of anilines is 1. The average Bonchev–Trinajstić information content (AvgIpc) is 2.65. The molecular weight excluding hydrogens is 450 g/mol. The minimum Gasteiger partial charge on any atom is -0.325 e. The van der Waals surface area contributed by atoms with Crippen molar-refractivity contribution in [3.05, 3.63) is 81.8 Å². The number of carbonyl (C=O) groups is 1. The molecule has 0 fully saturated rings. The van der Waals surface area contributed by atoms with E-state index in [9.17, 15) is 4.79 Å². The maximum Gasteiger partial charge on any atom is 0.234 e. The van der Waals surface area contributed by atoms with Crippen molar-refractivity contribution in [2.75, 3.05) is 11.1 Å². The number of thioether (sulfide) groups is 1. The van der Waals surface area contributed by atoms with Crippen molar-refractivity contribution < 1.29 is 4.79 Å². The molecule has 0 bridgehead atoms. The molecule has 2 nitrogen and oxygen atoms in total. The molecule has 3 aromatic carbocycles. The number of aryl methyl sites for hydroxylation is 3. The standard InChI is InChI=1S/C23H22BrNOS2/c1-15-4-10-22(16(2)12-15)28-20-8-6-19(7-9-20)25-23(26)14-27-21-11-5-18(24)13-17(21)3/h4-13H,14H2,1-3H3,(H,25,26). The van der Waals surface area contributed by atoms with E-state index >= 15 is 0 Å². The predicted octanol–water partition coefficient (Wildman–Crippen LogP) is 7.26. The molecule has 5 heteroatoms. The first-order valence-corrected chi connectivity index (χ1v) is 11.5. The number of rotatable bonds is 6. The van der Waals surface area contributed by atoms with Gasteiger partial charge in [0.1, 0.15) is 0 Å². The summed E-state index contributed by atoms with van der Waals surface area (Å²) in [4.78, 5) is 15.8. The van der Waals surface area contributed by atoms with Crippen LogP contribution >= 0.6 is 39.5 Å². The Kier molecular flexibility index (Phi) is 7.27. The largest absolute Gasteiger partial charge is 0.325 e. The van der Waals surface area contributed by atoms with Crippen LogP contribution in [0, 0.1) is 20.8 Å². The molecule has 1 N–H and O–H groups in total. The zero-order chi connectivity index (χ0) is 20.1. The van der Waals surface area contributed by atoms with E-state index in [0.29, 0.717) is 5.75 Å².